The van der Waals surface area contributed by atoms with Gasteiger partial charge in [-0.05, 0) is 25.1 Å². The summed E-state index contributed by atoms with van der Waals surface area (Å²) >= 11 is 6.61. The van der Waals surface area contributed by atoms with E-state index in [9.17, 15) is 14.3 Å². The molecule has 1 saturated heterocycles. The van der Waals surface area contributed by atoms with Crippen molar-refractivity contribution in [3.63, 3.8) is 0 Å². The standard InChI is InChI=1S/C24H21ClF2N4O3/c1-3-16(33)30-10-13-7-8-34-23-19-22(28-11-29-24(19)31(13)9-12(30)2)21(27)18(20(23)25)17-14(26)5-4-6-15(17)32/h3-6,11-13,32H,1,7-10H2,2H3/t12-,13-/m1/s1. The fourth-order valence-corrected chi connectivity index (χ4v) is 5.12. The molecule has 0 radical (unpaired) electrons. The highest BCUT2D eigenvalue weighted by atomic mass is 35.5. The first-order chi connectivity index (χ1) is 16.3. The van der Waals surface area contributed by atoms with Gasteiger partial charge in [-0.2, -0.15) is 0 Å². The highest BCUT2D eigenvalue weighted by molar-refractivity contribution is 6.36. The molecule has 3 heterocycles. The average Bonchev–Trinajstić information content (AvgIpc) is 2.81. The zero-order valence-corrected chi connectivity index (χ0v) is 19.0. The maximum absolute atomic E-state index is 15.9. The van der Waals surface area contributed by atoms with Gasteiger partial charge in [-0.1, -0.05) is 24.2 Å². The van der Waals surface area contributed by atoms with E-state index >= 15 is 4.39 Å². The Morgan fingerprint density at radius 1 is 1.29 bits per heavy atom. The van der Waals surface area contributed by atoms with Crippen LogP contribution in [-0.4, -0.2) is 57.7 Å². The molecule has 1 N–H and O–H groups in total. The second-order valence-electron chi connectivity index (χ2n) is 8.37. The summed E-state index contributed by atoms with van der Waals surface area (Å²) < 4.78 is 36.5. The highest BCUT2D eigenvalue weighted by Crippen LogP contribution is 2.49. The number of fused-ring (bicyclic) bond motifs is 2. The van der Waals surface area contributed by atoms with E-state index in [0.717, 1.165) is 6.07 Å². The molecule has 7 nitrogen and oxygen atoms in total. The van der Waals surface area contributed by atoms with Crippen LogP contribution in [0.4, 0.5) is 14.6 Å². The number of ether oxygens (including phenoxy) is 1. The van der Waals surface area contributed by atoms with Crippen molar-refractivity contribution in [1.29, 1.82) is 0 Å². The van der Waals surface area contributed by atoms with Crippen molar-refractivity contribution in [3.8, 4) is 22.6 Å². The highest BCUT2D eigenvalue weighted by Gasteiger charge is 2.38. The average molecular weight is 487 g/mol. The third kappa shape index (κ3) is 3.34. The maximum Gasteiger partial charge on any atom is 0.246 e. The molecular formula is C24H21ClF2N4O3. The monoisotopic (exact) mass is 486 g/mol. The molecule has 1 amide bonds. The van der Waals surface area contributed by atoms with Crippen LogP contribution in [0.5, 0.6) is 11.5 Å². The van der Waals surface area contributed by atoms with Gasteiger partial charge in [-0.3, -0.25) is 4.79 Å². The number of hydrogen-bond acceptors (Lipinski definition) is 6. The van der Waals surface area contributed by atoms with Gasteiger partial charge >= 0.3 is 0 Å². The number of piperazine rings is 1. The number of phenols is 1. The molecule has 0 saturated carbocycles. The SMILES string of the molecule is C=CC(=O)N1C[C@H]2CCOc3c(Cl)c(-c4c(O)cccc4F)c(F)c4ncnc(c34)N2C[C@H]1C. The first-order valence-corrected chi connectivity index (χ1v) is 11.2. The number of rotatable bonds is 2. The zero-order chi connectivity index (χ0) is 24.1. The lowest BCUT2D eigenvalue weighted by Crippen LogP contribution is -2.59. The topological polar surface area (TPSA) is 78.8 Å². The Hall–Kier alpha value is -3.46. The van der Waals surface area contributed by atoms with Crippen molar-refractivity contribution >= 4 is 34.2 Å². The van der Waals surface area contributed by atoms with Crippen LogP contribution in [-0.2, 0) is 4.79 Å². The molecule has 5 rings (SSSR count). The molecule has 176 valence electrons. The van der Waals surface area contributed by atoms with Crippen molar-refractivity contribution in [2.75, 3.05) is 24.6 Å². The van der Waals surface area contributed by atoms with E-state index in [2.05, 4.69) is 16.5 Å². The van der Waals surface area contributed by atoms with Crippen LogP contribution >= 0.6 is 11.6 Å². The Bertz CT molecular complexity index is 1320. The minimum atomic E-state index is -0.887. The van der Waals surface area contributed by atoms with E-state index in [-0.39, 0.29) is 57.4 Å². The number of aromatic nitrogens is 2. The molecule has 2 atom stereocenters. The number of nitrogens with zero attached hydrogens (tertiary/aromatic N) is 4. The number of hydrogen-bond donors (Lipinski definition) is 1. The fraction of sp³-hybridized carbons (Fsp3) is 0.292. The Balaban J connectivity index is 1.73. The van der Waals surface area contributed by atoms with Gasteiger partial charge in [0.2, 0.25) is 5.91 Å². The van der Waals surface area contributed by atoms with E-state index in [1.807, 2.05) is 11.8 Å². The number of benzene rings is 2. The zero-order valence-electron chi connectivity index (χ0n) is 18.3. The van der Waals surface area contributed by atoms with Gasteiger partial charge in [-0.25, -0.2) is 18.7 Å². The minimum absolute atomic E-state index is 0.0973. The Morgan fingerprint density at radius 3 is 2.82 bits per heavy atom. The molecule has 0 aliphatic carbocycles. The number of anilines is 1. The maximum atomic E-state index is 15.9. The number of amides is 1. The molecule has 1 fully saturated rings. The number of aromatic hydroxyl groups is 1. The third-order valence-electron chi connectivity index (χ3n) is 6.41. The largest absolute Gasteiger partial charge is 0.507 e. The molecule has 34 heavy (non-hydrogen) atoms. The van der Waals surface area contributed by atoms with Crippen LogP contribution in [0, 0.1) is 11.6 Å². The van der Waals surface area contributed by atoms with Crippen molar-refractivity contribution in [2.24, 2.45) is 0 Å². The van der Waals surface area contributed by atoms with Gasteiger partial charge in [0, 0.05) is 31.1 Å². The molecule has 0 spiro atoms. The number of carbonyl (C=O) groups is 1. The first-order valence-electron chi connectivity index (χ1n) is 10.8. The van der Waals surface area contributed by atoms with E-state index in [1.165, 1.54) is 24.5 Å². The van der Waals surface area contributed by atoms with Crippen LogP contribution in [0.1, 0.15) is 13.3 Å². The van der Waals surface area contributed by atoms with E-state index < -0.39 is 17.4 Å². The summed E-state index contributed by atoms with van der Waals surface area (Å²) in [4.78, 5) is 24.6. The predicted molar refractivity (Wildman–Crippen MR) is 124 cm³/mol. The molecule has 10 heteroatoms. The third-order valence-corrected chi connectivity index (χ3v) is 6.77. The second kappa shape index (κ2) is 8.39. The van der Waals surface area contributed by atoms with Gasteiger partial charge in [-0.15, -0.1) is 0 Å². The smallest absolute Gasteiger partial charge is 0.246 e. The number of carbonyl (C=O) groups excluding carboxylic acids is 1. The summed E-state index contributed by atoms with van der Waals surface area (Å²) in [5, 5.41) is 10.4. The molecule has 0 unspecified atom stereocenters. The van der Waals surface area contributed by atoms with Crippen LogP contribution in [0.15, 0.2) is 37.2 Å². The van der Waals surface area contributed by atoms with Gasteiger partial charge in [0.1, 0.15) is 29.2 Å². The Labute approximate surface area is 199 Å². The van der Waals surface area contributed by atoms with Crippen molar-refractivity contribution in [3.05, 3.63) is 53.8 Å². The number of phenolic OH excluding ortho intramolecular Hbond substituents is 1. The Morgan fingerprint density at radius 2 is 2.09 bits per heavy atom. The lowest BCUT2D eigenvalue weighted by Gasteiger charge is -2.46. The van der Waals surface area contributed by atoms with Crippen LogP contribution in [0.25, 0.3) is 22.0 Å². The van der Waals surface area contributed by atoms with Gasteiger partial charge in [0.05, 0.1) is 28.6 Å². The first kappa shape index (κ1) is 22.3. The van der Waals surface area contributed by atoms with Crippen LogP contribution in [0.3, 0.4) is 0 Å². The Kier molecular flexibility index (Phi) is 5.51. The van der Waals surface area contributed by atoms with Gasteiger partial charge in [0.25, 0.3) is 0 Å². The molecule has 2 aromatic carbocycles. The molecule has 0 bridgehead atoms. The summed E-state index contributed by atoms with van der Waals surface area (Å²) in [5.41, 5.74) is -0.784. The van der Waals surface area contributed by atoms with Crippen molar-refractivity contribution in [1.82, 2.24) is 14.9 Å². The van der Waals surface area contributed by atoms with Gasteiger partial charge in [0.15, 0.2) is 11.6 Å². The van der Waals surface area contributed by atoms with Crippen LogP contribution in [0.2, 0.25) is 5.02 Å². The van der Waals surface area contributed by atoms with Gasteiger partial charge < -0.3 is 19.6 Å². The second-order valence-corrected chi connectivity index (χ2v) is 8.75. The minimum Gasteiger partial charge on any atom is -0.507 e. The predicted octanol–water partition coefficient (Wildman–Crippen LogP) is 4.31. The molecule has 3 aromatic rings. The lowest BCUT2D eigenvalue weighted by molar-refractivity contribution is -0.129. The molecule has 2 aliphatic rings. The molecule has 1 aromatic heterocycles. The normalized spacial score (nSPS) is 19.8. The summed E-state index contributed by atoms with van der Waals surface area (Å²) in [5.74, 6) is -1.78. The summed E-state index contributed by atoms with van der Waals surface area (Å²) in [6, 6.07) is 3.40. The van der Waals surface area contributed by atoms with E-state index in [4.69, 9.17) is 16.3 Å². The lowest BCUT2D eigenvalue weighted by atomic mass is 9.98. The molecular weight excluding hydrogens is 466 g/mol. The van der Waals surface area contributed by atoms with E-state index in [1.54, 1.807) is 4.90 Å². The summed E-state index contributed by atoms with van der Waals surface area (Å²) in [7, 11) is 0. The summed E-state index contributed by atoms with van der Waals surface area (Å²) in [6.07, 6.45) is 3.05. The van der Waals surface area contributed by atoms with Crippen molar-refractivity contribution in [2.45, 2.75) is 25.4 Å². The van der Waals surface area contributed by atoms with Crippen LogP contribution < -0.4 is 9.64 Å². The van der Waals surface area contributed by atoms with Crippen molar-refractivity contribution < 1.29 is 23.4 Å². The molecule has 2 aliphatic heterocycles. The quantitative estimate of drug-likeness (QED) is 0.544. The van der Waals surface area contributed by atoms with E-state index in [0.29, 0.717) is 25.3 Å². The fourth-order valence-electron chi connectivity index (χ4n) is 4.79. The number of halogens is 3. The summed E-state index contributed by atoms with van der Waals surface area (Å²) in [6.45, 7) is 6.59.